The lowest BCUT2D eigenvalue weighted by Gasteiger charge is -2.33. The summed E-state index contributed by atoms with van der Waals surface area (Å²) in [5.74, 6) is 0.528. The molecule has 0 radical (unpaired) electrons. The highest BCUT2D eigenvalue weighted by Crippen LogP contribution is 2.27. The molecule has 0 aliphatic carbocycles. The van der Waals surface area contributed by atoms with E-state index < -0.39 is 10.0 Å². The molecule has 1 aliphatic rings. The third-order valence-electron chi connectivity index (χ3n) is 5.96. The van der Waals surface area contributed by atoms with Gasteiger partial charge in [0.15, 0.2) is 0 Å². The van der Waals surface area contributed by atoms with Crippen LogP contribution in [-0.2, 0) is 10.0 Å². The van der Waals surface area contributed by atoms with Crippen LogP contribution in [0.5, 0.6) is 0 Å². The van der Waals surface area contributed by atoms with Crippen molar-refractivity contribution in [1.82, 2.24) is 14.3 Å². The van der Waals surface area contributed by atoms with Crippen LogP contribution in [0, 0.1) is 11.3 Å². The standard InChI is InChI=1S/C25H24N6O2S/c1-18-17-30(13-11-27-18)22-8-6-21(7-9-22)29-25-14-23-20(16-28-25)10-12-31(23)34(32,33)24-5-3-2-4-19(24)15-26/h2-10,12,14,16,18,27H,11,13,17H2,1H3,(H,28,29). The summed E-state index contributed by atoms with van der Waals surface area (Å²) in [7, 11) is -3.95. The number of benzene rings is 2. The molecule has 1 unspecified atom stereocenters. The summed E-state index contributed by atoms with van der Waals surface area (Å²) < 4.78 is 27.9. The zero-order valence-corrected chi connectivity index (χ0v) is 19.5. The first-order valence-corrected chi connectivity index (χ1v) is 12.5. The Morgan fingerprint density at radius 2 is 1.94 bits per heavy atom. The molecule has 2 N–H and O–H groups in total. The normalized spacial score (nSPS) is 16.4. The number of hydrogen-bond acceptors (Lipinski definition) is 7. The van der Waals surface area contributed by atoms with Gasteiger partial charge in [0.25, 0.3) is 10.0 Å². The van der Waals surface area contributed by atoms with Crippen LogP contribution in [0.25, 0.3) is 10.9 Å². The zero-order valence-electron chi connectivity index (χ0n) is 18.6. The first-order valence-electron chi connectivity index (χ1n) is 11.0. The van der Waals surface area contributed by atoms with Gasteiger partial charge in [0, 0.05) is 60.9 Å². The van der Waals surface area contributed by atoms with Crippen molar-refractivity contribution in [3.8, 4) is 6.07 Å². The van der Waals surface area contributed by atoms with Crippen LogP contribution >= 0.6 is 0 Å². The van der Waals surface area contributed by atoms with Crippen LogP contribution in [0.4, 0.5) is 17.2 Å². The van der Waals surface area contributed by atoms with E-state index in [1.807, 2.05) is 18.2 Å². The Morgan fingerprint density at radius 1 is 1.15 bits per heavy atom. The summed E-state index contributed by atoms with van der Waals surface area (Å²) in [6.45, 7) is 5.08. The van der Waals surface area contributed by atoms with Gasteiger partial charge in [-0.3, -0.25) is 0 Å². The van der Waals surface area contributed by atoms with Gasteiger partial charge in [0.05, 0.1) is 11.1 Å². The second-order valence-corrected chi connectivity index (χ2v) is 10.1. The van der Waals surface area contributed by atoms with E-state index >= 15 is 0 Å². The van der Waals surface area contributed by atoms with Gasteiger partial charge in [-0.2, -0.15) is 5.26 Å². The molecule has 8 nitrogen and oxygen atoms in total. The Hall–Kier alpha value is -3.87. The van der Waals surface area contributed by atoms with Gasteiger partial charge in [-0.1, -0.05) is 12.1 Å². The summed E-state index contributed by atoms with van der Waals surface area (Å²) in [6.07, 6.45) is 3.12. The van der Waals surface area contributed by atoms with Gasteiger partial charge in [-0.25, -0.2) is 17.4 Å². The van der Waals surface area contributed by atoms with E-state index in [0.29, 0.717) is 22.8 Å². The fourth-order valence-corrected chi connectivity index (χ4v) is 5.73. The predicted octanol–water partition coefficient (Wildman–Crippen LogP) is 3.69. The summed E-state index contributed by atoms with van der Waals surface area (Å²) in [6, 6.07) is 20.1. The van der Waals surface area contributed by atoms with Gasteiger partial charge in [-0.05, 0) is 49.4 Å². The van der Waals surface area contributed by atoms with Gasteiger partial charge < -0.3 is 15.5 Å². The number of nitrogens with zero attached hydrogens (tertiary/aromatic N) is 4. The average molecular weight is 473 g/mol. The van der Waals surface area contributed by atoms with Crippen molar-refractivity contribution in [2.24, 2.45) is 0 Å². The topological polar surface area (TPSA) is 103 Å². The number of nitriles is 1. The molecule has 0 bridgehead atoms. The number of nitrogens with one attached hydrogen (secondary N) is 2. The Morgan fingerprint density at radius 3 is 2.71 bits per heavy atom. The summed E-state index contributed by atoms with van der Waals surface area (Å²) in [4.78, 5) is 6.76. The monoisotopic (exact) mass is 472 g/mol. The number of piperazine rings is 1. The van der Waals surface area contributed by atoms with Crippen LogP contribution in [0.15, 0.2) is 78.0 Å². The van der Waals surface area contributed by atoms with Crippen LogP contribution in [0.2, 0.25) is 0 Å². The van der Waals surface area contributed by atoms with Crippen LogP contribution in [0.1, 0.15) is 12.5 Å². The van der Waals surface area contributed by atoms with Gasteiger partial charge in [0.2, 0.25) is 0 Å². The zero-order chi connectivity index (χ0) is 23.7. The molecule has 0 saturated carbocycles. The number of aromatic nitrogens is 2. The average Bonchev–Trinajstić information content (AvgIpc) is 3.29. The molecule has 172 valence electrons. The van der Waals surface area contributed by atoms with E-state index in [9.17, 15) is 13.7 Å². The number of anilines is 3. The lowest BCUT2D eigenvalue weighted by atomic mass is 10.2. The molecule has 2 aromatic carbocycles. The second kappa shape index (κ2) is 8.82. The highest BCUT2D eigenvalue weighted by Gasteiger charge is 2.22. The molecular formula is C25H24N6O2S. The lowest BCUT2D eigenvalue weighted by Crippen LogP contribution is -2.49. The Kier molecular flexibility index (Phi) is 5.69. The van der Waals surface area contributed by atoms with E-state index in [1.165, 1.54) is 28.0 Å². The number of hydrogen-bond donors (Lipinski definition) is 2. The molecular weight excluding hydrogens is 448 g/mol. The highest BCUT2D eigenvalue weighted by molar-refractivity contribution is 7.90. The number of pyridine rings is 1. The third-order valence-corrected chi connectivity index (χ3v) is 7.70. The summed E-state index contributed by atoms with van der Waals surface area (Å²) in [5, 5.41) is 16.8. The van der Waals surface area contributed by atoms with E-state index in [2.05, 4.69) is 39.6 Å². The molecule has 4 aromatic rings. The van der Waals surface area contributed by atoms with E-state index in [1.54, 1.807) is 30.5 Å². The maximum absolute atomic E-state index is 13.3. The fraction of sp³-hybridized carbons (Fsp3) is 0.200. The quantitative estimate of drug-likeness (QED) is 0.457. The molecule has 2 aromatic heterocycles. The minimum Gasteiger partial charge on any atom is -0.369 e. The molecule has 34 heavy (non-hydrogen) atoms. The SMILES string of the molecule is CC1CN(c2ccc(Nc3cc4c(ccn4S(=O)(=O)c4ccccc4C#N)cn3)cc2)CCN1. The Labute approximate surface area is 198 Å². The van der Waals surface area contributed by atoms with Crippen molar-refractivity contribution >= 4 is 38.1 Å². The molecule has 1 saturated heterocycles. The van der Waals surface area contributed by atoms with Gasteiger partial charge in [-0.15, -0.1) is 0 Å². The predicted molar refractivity (Wildman–Crippen MR) is 133 cm³/mol. The maximum atomic E-state index is 13.3. The summed E-state index contributed by atoms with van der Waals surface area (Å²) in [5.41, 5.74) is 2.61. The van der Waals surface area contributed by atoms with Crippen molar-refractivity contribution in [2.75, 3.05) is 29.9 Å². The first-order chi connectivity index (χ1) is 16.5. The fourth-order valence-electron chi connectivity index (χ4n) is 4.24. The number of rotatable bonds is 5. The maximum Gasteiger partial charge on any atom is 0.269 e. The van der Waals surface area contributed by atoms with Crippen molar-refractivity contribution in [3.05, 3.63) is 78.6 Å². The smallest absolute Gasteiger partial charge is 0.269 e. The molecule has 5 rings (SSSR count). The Bertz CT molecular complexity index is 1490. The molecule has 0 amide bonds. The second-order valence-electron chi connectivity index (χ2n) is 8.33. The minimum absolute atomic E-state index is 0.0286. The lowest BCUT2D eigenvalue weighted by molar-refractivity contribution is 0.485. The van der Waals surface area contributed by atoms with Gasteiger partial charge in [0.1, 0.15) is 16.8 Å². The van der Waals surface area contributed by atoms with Crippen molar-refractivity contribution in [3.63, 3.8) is 0 Å². The molecule has 9 heteroatoms. The van der Waals surface area contributed by atoms with E-state index in [4.69, 9.17) is 0 Å². The van der Waals surface area contributed by atoms with Gasteiger partial charge >= 0.3 is 0 Å². The van der Waals surface area contributed by atoms with Crippen LogP contribution in [0.3, 0.4) is 0 Å². The van der Waals surface area contributed by atoms with E-state index in [0.717, 1.165) is 25.3 Å². The van der Waals surface area contributed by atoms with Crippen LogP contribution < -0.4 is 15.5 Å². The highest BCUT2D eigenvalue weighted by atomic mass is 32.2. The minimum atomic E-state index is -3.95. The molecule has 1 aliphatic heterocycles. The van der Waals surface area contributed by atoms with E-state index in [-0.39, 0.29) is 10.5 Å². The molecule has 3 heterocycles. The first kappa shape index (κ1) is 21.9. The largest absolute Gasteiger partial charge is 0.369 e. The Balaban J connectivity index is 1.43. The van der Waals surface area contributed by atoms with Crippen LogP contribution in [-0.4, -0.2) is 43.1 Å². The molecule has 1 fully saturated rings. The third kappa shape index (κ3) is 4.09. The molecule has 1 atom stereocenters. The molecule has 0 spiro atoms. The number of fused-ring (bicyclic) bond motifs is 1. The summed E-state index contributed by atoms with van der Waals surface area (Å²) >= 11 is 0. The van der Waals surface area contributed by atoms with Crippen molar-refractivity contribution < 1.29 is 8.42 Å². The van der Waals surface area contributed by atoms with Crippen molar-refractivity contribution in [1.29, 1.82) is 5.26 Å². The van der Waals surface area contributed by atoms with Crippen molar-refractivity contribution in [2.45, 2.75) is 17.9 Å².